The largest absolute Gasteiger partial charge is 0.481 e. The second-order valence-electron chi connectivity index (χ2n) is 4.83. The van der Waals surface area contributed by atoms with E-state index >= 15 is 0 Å². The lowest BCUT2D eigenvalue weighted by atomic mass is 10.1. The molecule has 1 heterocycles. The quantitative estimate of drug-likeness (QED) is 0.926. The highest BCUT2D eigenvalue weighted by Crippen LogP contribution is 2.29. The number of ether oxygens (including phenoxy) is 1. The van der Waals surface area contributed by atoms with Crippen LogP contribution in [0.3, 0.4) is 0 Å². The highest BCUT2D eigenvalue weighted by Gasteiger charge is 2.28. The molecule has 2 unspecified atom stereocenters. The van der Waals surface area contributed by atoms with Crippen molar-refractivity contribution in [2.45, 2.75) is 25.5 Å². The Morgan fingerprint density at radius 1 is 1.50 bits per heavy atom. The van der Waals surface area contributed by atoms with Gasteiger partial charge < -0.3 is 9.84 Å². The molecule has 1 fully saturated rings. The first-order valence-corrected chi connectivity index (χ1v) is 6.77. The van der Waals surface area contributed by atoms with Crippen LogP contribution in [0.4, 0.5) is 0 Å². The van der Waals surface area contributed by atoms with Gasteiger partial charge in [0.25, 0.3) is 0 Å². The molecule has 2 atom stereocenters. The number of hydrogen-bond donors (Lipinski definition) is 1. The van der Waals surface area contributed by atoms with Gasteiger partial charge >= 0.3 is 5.97 Å². The molecule has 1 N–H and O–H groups in total. The molecule has 0 saturated carbocycles. The lowest BCUT2D eigenvalue weighted by Crippen LogP contribution is -2.45. The van der Waals surface area contributed by atoms with Crippen LogP contribution in [0.15, 0.2) is 24.3 Å². The summed E-state index contributed by atoms with van der Waals surface area (Å²) >= 11 is 6.18. The maximum absolute atomic E-state index is 10.7. The van der Waals surface area contributed by atoms with Gasteiger partial charge in [-0.25, -0.2) is 0 Å². The van der Waals surface area contributed by atoms with Crippen LogP contribution >= 0.6 is 24.0 Å². The zero-order valence-electron chi connectivity index (χ0n) is 11.3. The van der Waals surface area contributed by atoms with E-state index in [-0.39, 0.29) is 31.0 Å². The van der Waals surface area contributed by atoms with Crippen LogP contribution in [0.25, 0.3) is 0 Å². The summed E-state index contributed by atoms with van der Waals surface area (Å²) < 4.78 is 5.82. The van der Waals surface area contributed by atoms with Gasteiger partial charge in [0.05, 0.1) is 19.1 Å². The predicted molar refractivity (Wildman–Crippen MR) is 80.7 cm³/mol. The minimum atomic E-state index is -0.770. The predicted octanol–water partition coefficient (Wildman–Crippen LogP) is 3.00. The number of carbonyl (C=O) groups is 1. The Morgan fingerprint density at radius 2 is 2.20 bits per heavy atom. The molecule has 1 saturated heterocycles. The number of aliphatic carboxylic acids is 1. The number of rotatable bonds is 4. The van der Waals surface area contributed by atoms with E-state index in [1.54, 1.807) is 0 Å². The van der Waals surface area contributed by atoms with Crippen molar-refractivity contribution in [1.29, 1.82) is 0 Å². The second kappa shape index (κ2) is 7.84. The van der Waals surface area contributed by atoms with E-state index in [4.69, 9.17) is 21.4 Å². The van der Waals surface area contributed by atoms with Crippen molar-refractivity contribution in [3.8, 4) is 0 Å². The maximum atomic E-state index is 10.7. The van der Waals surface area contributed by atoms with Crippen molar-refractivity contribution in [2.24, 2.45) is 0 Å². The third-order valence-electron chi connectivity index (χ3n) is 3.43. The van der Waals surface area contributed by atoms with Crippen LogP contribution in [0, 0.1) is 0 Å². The smallest absolute Gasteiger partial charge is 0.304 e. The van der Waals surface area contributed by atoms with Gasteiger partial charge in [-0.3, -0.25) is 9.69 Å². The standard InChI is InChI=1S/C14H18ClNO3.ClH/c1-10-9-19-13(8-16(10)7-6-14(17)18)11-4-2-3-5-12(11)15;/h2-5,10,13H,6-9H2,1H3,(H,17,18);1H. The van der Waals surface area contributed by atoms with Crippen molar-refractivity contribution in [2.75, 3.05) is 19.7 Å². The van der Waals surface area contributed by atoms with Gasteiger partial charge in [-0.1, -0.05) is 29.8 Å². The third-order valence-corrected chi connectivity index (χ3v) is 3.77. The van der Waals surface area contributed by atoms with E-state index in [2.05, 4.69) is 4.90 Å². The molecule has 112 valence electrons. The zero-order chi connectivity index (χ0) is 13.8. The number of morpholine rings is 1. The third kappa shape index (κ3) is 4.35. The minimum Gasteiger partial charge on any atom is -0.481 e. The van der Waals surface area contributed by atoms with Gasteiger partial charge in [-0.2, -0.15) is 0 Å². The first-order valence-electron chi connectivity index (χ1n) is 6.40. The first kappa shape index (κ1) is 17.2. The first-order chi connectivity index (χ1) is 9.08. The molecular formula is C14H19Cl2NO3. The van der Waals surface area contributed by atoms with Crippen LogP contribution in [0.2, 0.25) is 5.02 Å². The van der Waals surface area contributed by atoms with E-state index in [0.717, 1.165) is 5.56 Å². The lowest BCUT2D eigenvalue weighted by Gasteiger charge is -2.38. The molecule has 0 radical (unpaired) electrons. The van der Waals surface area contributed by atoms with Crippen LogP contribution in [-0.2, 0) is 9.53 Å². The van der Waals surface area contributed by atoms with Gasteiger partial charge in [0.1, 0.15) is 0 Å². The van der Waals surface area contributed by atoms with Crippen molar-refractivity contribution >= 4 is 30.0 Å². The summed E-state index contributed by atoms with van der Waals surface area (Å²) in [6, 6.07) is 7.86. The average molecular weight is 320 g/mol. The molecule has 20 heavy (non-hydrogen) atoms. The summed E-state index contributed by atoms with van der Waals surface area (Å²) in [4.78, 5) is 12.8. The van der Waals surface area contributed by atoms with E-state index in [0.29, 0.717) is 24.7 Å². The van der Waals surface area contributed by atoms with Gasteiger partial charge in [0.2, 0.25) is 0 Å². The number of halogens is 2. The van der Waals surface area contributed by atoms with Crippen molar-refractivity contribution < 1.29 is 14.6 Å². The molecule has 1 aliphatic heterocycles. The second-order valence-corrected chi connectivity index (χ2v) is 5.24. The molecule has 0 amide bonds. The molecule has 6 heteroatoms. The van der Waals surface area contributed by atoms with Crippen molar-refractivity contribution in [1.82, 2.24) is 4.90 Å². The van der Waals surface area contributed by atoms with E-state index < -0.39 is 5.97 Å². The Labute approximate surface area is 130 Å². The lowest BCUT2D eigenvalue weighted by molar-refractivity contribution is -0.138. The Hall–Kier alpha value is -0.810. The fraction of sp³-hybridized carbons (Fsp3) is 0.500. The molecule has 1 aliphatic rings. The SMILES string of the molecule is CC1COC(c2ccccc2Cl)CN1CCC(=O)O.Cl. The van der Waals surface area contributed by atoms with Crippen LogP contribution in [-0.4, -0.2) is 41.7 Å². The molecule has 0 bridgehead atoms. The highest BCUT2D eigenvalue weighted by molar-refractivity contribution is 6.31. The Kier molecular flexibility index (Phi) is 6.76. The summed E-state index contributed by atoms with van der Waals surface area (Å²) in [7, 11) is 0. The van der Waals surface area contributed by atoms with E-state index in [9.17, 15) is 4.79 Å². The number of carboxylic acid groups (broad SMARTS) is 1. The fourth-order valence-corrected chi connectivity index (χ4v) is 2.54. The summed E-state index contributed by atoms with van der Waals surface area (Å²) in [5.41, 5.74) is 0.969. The summed E-state index contributed by atoms with van der Waals surface area (Å²) in [5, 5.41) is 9.47. The Morgan fingerprint density at radius 3 is 2.85 bits per heavy atom. The molecule has 4 nitrogen and oxygen atoms in total. The van der Waals surface area contributed by atoms with Gasteiger partial charge in [-0.05, 0) is 13.0 Å². The molecule has 0 aliphatic carbocycles. The van der Waals surface area contributed by atoms with Gasteiger partial charge in [-0.15, -0.1) is 12.4 Å². The summed E-state index contributed by atoms with van der Waals surface area (Å²) in [5.74, 6) is -0.770. The van der Waals surface area contributed by atoms with Crippen LogP contribution < -0.4 is 0 Å². The Balaban J connectivity index is 0.00000200. The molecule has 0 spiro atoms. The van der Waals surface area contributed by atoms with Crippen LogP contribution in [0.1, 0.15) is 25.0 Å². The van der Waals surface area contributed by atoms with Gasteiger partial charge in [0, 0.05) is 29.7 Å². The van der Waals surface area contributed by atoms with Crippen molar-refractivity contribution in [3.05, 3.63) is 34.9 Å². The number of carboxylic acids is 1. The minimum absolute atomic E-state index is 0. The normalized spacial score (nSPS) is 23.1. The maximum Gasteiger partial charge on any atom is 0.304 e. The van der Waals surface area contributed by atoms with Crippen LogP contribution in [0.5, 0.6) is 0 Å². The Bertz CT molecular complexity index is 456. The molecular weight excluding hydrogens is 301 g/mol. The summed E-state index contributed by atoms with van der Waals surface area (Å²) in [6.45, 7) is 3.86. The highest BCUT2D eigenvalue weighted by atomic mass is 35.5. The molecule has 1 aromatic carbocycles. The van der Waals surface area contributed by atoms with E-state index in [1.165, 1.54) is 0 Å². The number of nitrogens with zero attached hydrogens (tertiary/aromatic N) is 1. The molecule has 1 aromatic rings. The fourth-order valence-electron chi connectivity index (χ4n) is 2.28. The average Bonchev–Trinajstić information content (AvgIpc) is 2.38. The zero-order valence-corrected chi connectivity index (χ0v) is 12.9. The van der Waals surface area contributed by atoms with Crippen molar-refractivity contribution in [3.63, 3.8) is 0 Å². The monoisotopic (exact) mass is 319 g/mol. The van der Waals surface area contributed by atoms with E-state index in [1.807, 2.05) is 31.2 Å². The van der Waals surface area contributed by atoms with Gasteiger partial charge in [0.15, 0.2) is 0 Å². The number of hydrogen-bond acceptors (Lipinski definition) is 3. The topological polar surface area (TPSA) is 49.8 Å². The molecule has 0 aromatic heterocycles. The molecule has 2 rings (SSSR count). The summed E-state index contributed by atoms with van der Waals surface area (Å²) in [6.07, 6.45) is 0.0678. The number of benzene rings is 1.